The second-order valence-corrected chi connectivity index (χ2v) is 5.99. The van der Waals surface area contributed by atoms with E-state index in [9.17, 15) is 0 Å². The molecular formula is C20H18N4. The molecule has 24 heavy (non-hydrogen) atoms. The summed E-state index contributed by atoms with van der Waals surface area (Å²) >= 11 is 0. The smallest absolute Gasteiger partial charge is 0.247 e. The topological polar surface area (TPSA) is 42.2 Å². The molecule has 0 amide bonds. The molecule has 0 unspecified atom stereocenters. The average molecular weight is 314 g/mol. The van der Waals surface area contributed by atoms with Crippen LogP contribution in [0.1, 0.15) is 11.1 Å². The average Bonchev–Trinajstić information content (AvgIpc) is 2.97. The Morgan fingerprint density at radius 1 is 0.875 bits per heavy atom. The molecule has 0 radical (unpaired) electrons. The van der Waals surface area contributed by atoms with E-state index in [-0.39, 0.29) is 0 Å². The molecule has 0 aliphatic heterocycles. The zero-order valence-corrected chi connectivity index (χ0v) is 13.7. The lowest BCUT2D eigenvalue weighted by atomic mass is 10.1. The fourth-order valence-corrected chi connectivity index (χ4v) is 2.85. The fraction of sp³-hybridized carbons (Fsp3) is 0.100. The van der Waals surface area contributed by atoms with Crippen molar-refractivity contribution in [2.24, 2.45) is 0 Å². The summed E-state index contributed by atoms with van der Waals surface area (Å²) in [5, 5.41) is 7.82. The number of nitrogens with one attached hydrogen (secondary N) is 1. The van der Waals surface area contributed by atoms with Gasteiger partial charge in [-0.3, -0.25) is 0 Å². The standard InChI is InChI=1S/C20H18N4/c1-14-6-3-8-16(12-14)18-10-5-11-24-19(18)22-20(23-24)21-17-9-4-7-15(2)13-17/h3-13H,1-2H3,(H,21,23). The zero-order valence-electron chi connectivity index (χ0n) is 13.7. The minimum atomic E-state index is 0.598. The number of hydrogen-bond acceptors (Lipinski definition) is 3. The normalized spacial score (nSPS) is 10.9. The Kier molecular flexibility index (Phi) is 3.50. The van der Waals surface area contributed by atoms with Crippen molar-refractivity contribution in [3.63, 3.8) is 0 Å². The quantitative estimate of drug-likeness (QED) is 0.593. The Balaban J connectivity index is 1.77. The predicted octanol–water partition coefficient (Wildman–Crippen LogP) is 4.76. The van der Waals surface area contributed by atoms with Crippen molar-refractivity contribution >= 4 is 17.3 Å². The molecule has 2 aromatic carbocycles. The van der Waals surface area contributed by atoms with Crippen LogP contribution < -0.4 is 5.32 Å². The summed E-state index contributed by atoms with van der Waals surface area (Å²) in [6.45, 7) is 4.16. The van der Waals surface area contributed by atoms with Crippen LogP contribution in [0.4, 0.5) is 11.6 Å². The van der Waals surface area contributed by atoms with Gasteiger partial charge in [0.05, 0.1) is 0 Å². The highest BCUT2D eigenvalue weighted by Crippen LogP contribution is 2.25. The molecular weight excluding hydrogens is 296 g/mol. The van der Waals surface area contributed by atoms with Gasteiger partial charge in [-0.1, -0.05) is 42.0 Å². The molecule has 0 aliphatic carbocycles. The van der Waals surface area contributed by atoms with E-state index >= 15 is 0 Å². The first-order valence-electron chi connectivity index (χ1n) is 7.95. The molecule has 4 heteroatoms. The van der Waals surface area contributed by atoms with E-state index in [1.165, 1.54) is 11.1 Å². The Labute approximate surface area is 140 Å². The van der Waals surface area contributed by atoms with Crippen molar-refractivity contribution in [3.05, 3.63) is 78.0 Å². The van der Waals surface area contributed by atoms with E-state index in [0.717, 1.165) is 22.5 Å². The lowest BCUT2D eigenvalue weighted by molar-refractivity contribution is 0.966. The number of fused-ring (bicyclic) bond motifs is 1. The summed E-state index contributed by atoms with van der Waals surface area (Å²) in [4.78, 5) is 4.68. The second-order valence-electron chi connectivity index (χ2n) is 5.99. The molecule has 0 spiro atoms. The van der Waals surface area contributed by atoms with Gasteiger partial charge in [0.1, 0.15) is 0 Å². The first-order valence-corrected chi connectivity index (χ1v) is 7.95. The maximum atomic E-state index is 4.68. The Morgan fingerprint density at radius 2 is 1.67 bits per heavy atom. The van der Waals surface area contributed by atoms with Gasteiger partial charge in [-0.05, 0) is 49.2 Å². The summed E-state index contributed by atoms with van der Waals surface area (Å²) < 4.78 is 1.82. The van der Waals surface area contributed by atoms with Crippen molar-refractivity contribution in [1.29, 1.82) is 0 Å². The third-order valence-electron chi connectivity index (χ3n) is 3.97. The minimum Gasteiger partial charge on any atom is -0.323 e. The van der Waals surface area contributed by atoms with Crippen molar-refractivity contribution in [2.75, 3.05) is 5.32 Å². The molecule has 0 bridgehead atoms. The third kappa shape index (κ3) is 2.74. The van der Waals surface area contributed by atoms with Crippen LogP contribution >= 0.6 is 0 Å². The van der Waals surface area contributed by atoms with Gasteiger partial charge in [0, 0.05) is 17.4 Å². The van der Waals surface area contributed by atoms with E-state index in [1.807, 2.05) is 28.9 Å². The van der Waals surface area contributed by atoms with Crippen LogP contribution in [-0.2, 0) is 0 Å². The molecule has 4 aromatic rings. The van der Waals surface area contributed by atoms with Crippen LogP contribution in [0.15, 0.2) is 66.9 Å². The maximum absolute atomic E-state index is 4.68. The summed E-state index contributed by atoms with van der Waals surface area (Å²) in [5.41, 5.74) is 6.48. The van der Waals surface area contributed by atoms with Crippen molar-refractivity contribution < 1.29 is 0 Å². The lowest BCUT2D eigenvalue weighted by Gasteiger charge is -2.03. The summed E-state index contributed by atoms with van der Waals surface area (Å²) in [5.74, 6) is 0.598. The molecule has 118 valence electrons. The van der Waals surface area contributed by atoms with Crippen LogP contribution in [0.3, 0.4) is 0 Å². The SMILES string of the molecule is Cc1cccc(Nc2nc3c(-c4cccc(C)c4)cccn3n2)c1. The first-order chi connectivity index (χ1) is 11.7. The van der Waals surface area contributed by atoms with Gasteiger partial charge >= 0.3 is 0 Å². The van der Waals surface area contributed by atoms with Gasteiger partial charge in [-0.25, -0.2) is 4.52 Å². The van der Waals surface area contributed by atoms with Crippen molar-refractivity contribution in [1.82, 2.24) is 14.6 Å². The molecule has 0 aliphatic rings. The van der Waals surface area contributed by atoms with Gasteiger partial charge in [0.2, 0.25) is 5.95 Å². The number of rotatable bonds is 3. The summed E-state index contributed by atoms with van der Waals surface area (Å²) in [6.07, 6.45) is 1.92. The molecule has 2 aromatic heterocycles. The molecule has 4 nitrogen and oxygen atoms in total. The summed E-state index contributed by atoms with van der Waals surface area (Å²) in [6, 6.07) is 20.7. The van der Waals surface area contributed by atoms with Gasteiger partial charge < -0.3 is 5.32 Å². The van der Waals surface area contributed by atoms with Gasteiger partial charge in [0.25, 0.3) is 0 Å². The predicted molar refractivity (Wildman–Crippen MR) is 97.6 cm³/mol. The van der Waals surface area contributed by atoms with Crippen LogP contribution in [-0.4, -0.2) is 14.6 Å². The number of nitrogens with zero attached hydrogens (tertiary/aromatic N) is 3. The third-order valence-corrected chi connectivity index (χ3v) is 3.97. The van der Waals surface area contributed by atoms with Gasteiger partial charge in [-0.2, -0.15) is 4.98 Å². The minimum absolute atomic E-state index is 0.598. The van der Waals surface area contributed by atoms with Crippen molar-refractivity contribution in [3.8, 4) is 11.1 Å². The van der Waals surface area contributed by atoms with E-state index in [4.69, 9.17) is 0 Å². The van der Waals surface area contributed by atoms with E-state index in [1.54, 1.807) is 0 Å². The van der Waals surface area contributed by atoms with Crippen LogP contribution in [0.2, 0.25) is 0 Å². The first kappa shape index (κ1) is 14.5. The van der Waals surface area contributed by atoms with Crippen LogP contribution in [0.5, 0.6) is 0 Å². The summed E-state index contributed by atoms with van der Waals surface area (Å²) in [7, 11) is 0. The van der Waals surface area contributed by atoms with Crippen LogP contribution in [0.25, 0.3) is 16.8 Å². The molecule has 0 fully saturated rings. The molecule has 0 saturated heterocycles. The van der Waals surface area contributed by atoms with Gasteiger partial charge in [-0.15, -0.1) is 5.10 Å². The van der Waals surface area contributed by atoms with Gasteiger partial charge in [0.15, 0.2) is 5.65 Å². The number of anilines is 2. The Morgan fingerprint density at radius 3 is 2.46 bits per heavy atom. The highest BCUT2D eigenvalue weighted by Gasteiger charge is 2.10. The highest BCUT2D eigenvalue weighted by molar-refractivity contribution is 5.78. The monoisotopic (exact) mass is 314 g/mol. The van der Waals surface area contributed by atoms with Crippen LogP contribution in [0, 0.1) is 13.8 Å². The molecule has 4 rings (SSSR count). The number of aryl methyl sites for hydroxylation is 2. The lowest BCUT2D eigenvalue weighted by Crippen LogP contribution is -1.93. The number of hydrogen-bond donors (Lipinski definition) is 1. The van der Waals surface area contributed by atoms with E-state index < -0.39 is 0 Å². The van der Waals surface area contributed by atoms with E-state index in [0.29, 0.717) is 5.95 Å². The van der Waals surface area contributed by atoms with E-state index in [2.05, 4.69) is 71.7 Å². The molecule has 0 saturated carbocycles. The fourth-order valence-electron chi connectivity index (χ4n) is 2.85. The molecule has 1 N–H and O–H groups in total. The zero-order chi connectivity index (χ0) is 16.5. The number of benzene rings is 2. The van der Waals surface area contributed by atoms with Crippen molar-refractivity contribution in [2.45, 2.75) is 13.8 Å². The second kappa shape index (κ2) is 5.81. The molecule has 0 atom stereocenters. The Hall–Kier alpha value is -3.14. The maximum Gasteiger partial charge on any atom is 0.247 e. The highest BCUT2D eigenvalue weighted by atomic mass is 15.3. The number of pyridine rings is 1. The Bertz CT molecular complexity index is 1020. The number of aromatic nitrogens is 3. The molecule has 2 heterocycles. The largest absolute Gasteiger partial charge is 0.323 e.